The third-order valence-electron chi connectivity index (χ3n) is 2.30. The molecule has 0 aliphatic carbocycles. The van der Waals surface area contributed by atoms with Crippen molar-refractivity contribution in [3.8, 4) is 0 Å². The highest BCUT2D eigenvalue weighted by atomic mass is 35.5. The molecule has 0 spiro atoms. The van der Waals surface area contributed by atoms with Crippen molar-refractivity contribution in [1.29, 1.82) is 0 Å². The number of nitrogens with one attached hydrogen (secondary N) is 1. The average molecular weight is 247 g/mol. The van der Waals surface area contributed by atoms with E-state index in [-0.39, 0.29) is 5.91 Å². The molecule has 2 aromatic rings. The van der Waals surface area contributed by atoms with Gasteiger partial charge in [0.15, 0.2) is 0 Å². The lowest BCUT2D eigenvalue weighted by atomic mass is 10.2. The molecule has 0 saturated carbocycles. The van der Waals surface area contributed by atoms with Crippen LogP contribution in [0.15, 0.2) is 42.6 Å². The average Bonchev–Trinajstić information content (AvgIpc) is 2.33. The molecule has 17 heavy (non-hydrogen) atoms. The van der Waals surface area contributed by atoms with Crippen molar-refractivity contribution in [1.82, 2.24) is 4.98 Å². The Labute approximate surface area is 104 Å². The summed E-state index contributed by atoms with van der Waals surface area (Å²) >= 11 is 5.95. The second-order valence-electron chi connectivity index (χ2n) is 3.62. The van der Waals surface area contributed by atoms with Gasteiger partial charge < -0.3 is 5.32 Å². The number of benzene rings is 1. The summed E-state index contributed by atoms with van der Waals surface area (Å²) in [4.78, 5) is 15.9. The fourth-order valence-corrected chi connectivity index (χ4v) is 1.54. The lowest BCUT2D eigenvalue weighted by molar-refractivity contribution is 0.102. The van der Waals surface area contributed by atoms with Crippen LogP contribution in [0.3, 0.4) is 0 Å². The molecule has 1 aromatic carbocycles. The predicted molar refractivity (Wildman–Crippen MR) is 68.4 cm³/mol. The zero-order valence-electron chi connectivity index (χ0n) is 9.27. The van der Waals surface area contributed by atoms with E-state index in [9.17, 15) is 4.79 Å². The van der Waals surface area contributed by atoms with Crippen LogP contribution < -0.4 is 5.32 Å². The molecule has 1 heterocycles. The van der Waals surface area contributed by atoms with Crippen LogP contribution in [0.4, 0.5) is 5.69 Å². The van der Waals surface area contributed by atoms with E-state index in [4.69, 9.17) is 11.6 Å². The van der Waals surface area contributed by atoms with Gasteiger partial charge in [0.1, 0.15) is 0 Å². The molecule has 3 nitrogen and oxygen atoms in total. The number of rotatable bonds is 2. The van der Waals surface area contributed by atoms with Gasteiger partial charge in [-0.3, -0.25) is 9.78 Å². The fraction of sp³-hybridized carbons (Fsp3) is 0.0769. The van der Waals surface area contributed by atoms with Crippen LogP contribution in [0.1, 0.15) is 16.1 Å². The molecule has 0 atom stereocenters. The van der Waals surface area contributed by atoms with Crippen LogP contribution >= 0.6 is 11.6 Å². The second-order valence-corrected chi connectivity index (χ2v) is 4.03. The Bertz CT molecular complexity index is 537. The van der Waals surface area contributed by atoms with E-state index >= 15 is 0 Å². The minimum atomic E-state index is -0.217. The zero-order chi connectivity index (χ0) is 12.3. The molecule has 1 N–H and O–H groups in total. The number of carbonyl (C=O) groups is 1. The van der Waals surface area contributed by atoms with E-state index < -0.39 is 0 Å². The number of halogens is 1. The van der Waals surface area contributed by atoms with E-state index in [1.54, 1.807) is 30.5 Å². The first-order chi connectivity index (χ1) is 8.16. The summed E-state index contributed by atoms with van der Waals surface area (Å²) in [5, 5.41) is 3.25. The first-order valence-electron chi connectivity index (χ1n) is 5.15. The molecule has 2 rings (SSSR count). The molecular formula is C13H11ClN2O. The molecule has 1 amide bonds. The number of aromatic nitrogens is 1. The van der Waals surface area contributed by atoms with Crippen molar-refractivity contribution in [2.45, 2.75) is 6.92 Å². The largest absolute Gasteiger partial charge is 0.321 e. The molecule has 0 aliphatic rings. The van der Waals surface area contributed by atoms with Gasteiger partial charge in [0, 0.05) is 11.9 Å². The number of amides is 1. The molecule has 0 bridgehead atoms. The normalized spacial score (nSPS) is 10.0. The van der Waals surface area contributed by atoms with Crippen molar-refractivity contribution < 1.29 is 4.79 Å². The number of aryl methyl sites for hydroxylation is 1. The maximum atomic E-state index is 11.9. The Morgan fingerprint density at radius 2 is 2.00 bits per heavy atom. The molecule has 0 unspecified atom stereocenters. The topological polar surface area (TPSA) is 42.0 Å². The highest BCUT2D eigenvalue weighted by Crippen LogP contribution is 2.20. The molecule has 0 aliphatic heterocycles. The number of hydrogen-bond acceptors (Lipinski definition) is 2. The minimum Gasteiger partial charge on any atom is -0.321 e. The summed E-state index contributed by atoms with van der Waals surface area (Å²) in [5.74, 6) is -0.217. The second kappa shape index (κ2) is 4.97. The van der Waals surface area contributed by atoms with Gasteiger partial charge in [0.05, 0.1) is 16.3 Å². The SMILES string of the molecule is Cc1ccc(C(=O)Nc2ccccc2Cl)cn1. The van der Waals surface area contributed by atoms with Gasteiger partial charge in [-0.25, -0.2) is 0 Å². The summed E-state index contributed by atoms with van der Waals surface area (Å²) in [6.07, 6.45) is 1.54. The van der Waals surface area contributed by atoms with E-state index in [1.807, 2.05) is 19.1 Å². The molecular weight excluding hydrogens is 236 g/mol. The summed E-state index contributed by atoms with van der Waals surface area (Å²) in [6.45, 7) is 1.87. The summed E-state index contributed by atoms with van der Waals surface area (Å²) < 4.78 is 0. The van der Waals surface area contributed by atoms with Crippen molar-refractivity contribution >= 4 is 23.2 Å². The lowest BCUT2D eigenvalue weighted by Crippen LogP contribution is -2.12. The third kappa shape index (κ3) is 2.82. The number of para-hydroxylation sites is 1. The van der Waals surface area contributed by atoms with Gasteiger partial charge in [-0.05, 0) is 31.2 Å². The number of hydrogen-bond donors (Lipinski definition) is 1. The highest BCUT2D eigenvalue weighted by Gasteiger charge is 2.07. The molecule has 0 saturated heterocycles. The van der Waals surface area contributed by atoms with Gasteiger partial charge in [-0.15, -0.1) is 0 Å². The van der Waals surface area contributed by atoms with Crippen LogP contribution in [0, 0.1) is 6.92 Å². The van der Waals surface area contributed by atoms with Crippen molar-refractivity contribution in [3.05, 3.63) is 58.9 Å². The zero-order valence-corrected chi connectivity index (χ0v) is 10.0. The Kier molecular flexibility index (Phi) is 3.40. The van der Waals surface area contributed by atoms with Crippen LogP contribution in [0.5, 0.6) is 0 Å². The number of carbonyl (C=O) groups excluding carboxylic acids is 1. The summed E-state index contributed by atoms with van der Waals surface area (Å²) in [6, 6.07) is 10.6. The first kappa shape index (κ1) is 11.6. The Morgan fingerprint density at radius 3 is 2.65 bits per heavy atom. The molecule has 4 heteroatoms. The van der Waals surface area contributed by atoms with Gasteiger partial charge in [-0.1, -0.05) is 23.7 Å². The van der Waals surface area contributed by atoms with E-state index in [1.165, 1.54) is 0 Å². The Morgan fingerprint density at radius 1 is 1.24 bits per heavy atom. The summed E-state index contributed by atoms with van der Waals surface area (Å²) in [5.41, 5.74) is 1.98. The predicted octanol–water partition coefficient (Wildman–Crippen LogP) is 3.30. The molecule has 1 aromatic heterocycles. The maximum Gasteiger partial charge on any atom is 0.257 e. The number of anilines is 1. The minimum absolute atomic E-state index is 0.217. The van der Waals surface area contributed by atoms with Gasteiger partial charge in [0.2, 0.25) is 0 Å². The summed E-state index contributed by atoms with van der Waals surface area (Å²) in [7, 11) is 0. The van der Waals surface area contributed by atoms with Crippen LogP contribution in [0.2, 0.25) is 5.02 Å². The monoisotopic (exact) mass is 246 g/mol. The quantitative estimate of drug-likeness (QED) is 0.884. The first-order valence-corrected chi connectivity index (χ1v) is 5.53. The third-order valence-corrected chi connectivity index (χ3v) is 2.63. The van der Waals surface area contributed by atoms with E-state index in [0.29, 0.717) is 16.3 Å². The van der Waals surface area contributed by atoms with Crippen LogP contribution in [-0.2, 0) is 0 Å². The van der Waals surface area contributed by atoms with Crippen molar-refractivity contribution in [3.63, 3.8) is 0 Å². The maximum absolute atomic E-state index is 11.9. The van der Waals surface area contributed by atoms with Gasteiger partial charge >= 0.3 is 0 Å². The van der Waals surface area contributed by atoms with Gasteiger partial charge in [-0.2, -0.15) is 0 Å². The smallest absolute Gasteiger partial charge is 0.257 e. The van der Waals surface area contributed by atoms with E-state index in [0.717, 1.165) is 5.69 Å². The molecule has 0 radical (unpaired) electrons. The Hall–Kier alpha value is -1.87. The lowest BCUT2D eigenvalue weighted by Gasteiger charge is -2.06. The number of nitrogens with zero attached hydrogens (tertiary/aromatic N) is 1. The highest BCUT2D eigenvalue weighted by molar-refractivity contribution is 6.33. The van der Waals surface area contributed by atoms with E-state index in [2.05, 4.69) is 10.3 Å². The van der Waals surface area contributed by atoms with Crippen molar-refractivity contribution in [2.24, 2.45) is 0 Å². The van der Waals surface area contributed by atoms with Crippen molar-refractivity contribution in [2.75, 3.05) is 5.32 Å². The molecule has 0 fully saturated rings. The van der Waals surface area contributed by atoms with Gasteiger partial charge in [0.25, 0.3) is 5.91 Å². The standard InChI is InChI=1S/C13H11ClN2O/c1-9-6-7-10(8-15-9)13(17)16-12-5-3-2-4-11(12)14/h2-8H,1H3,(H,16,17). The van der Waals surface area contributed by atoms with Crippen LogP contribution in [-0.4, -0.2) is 10.9 Å². The Balaban J connectivity index is 2.17. The number of pyridine rings is 1. The fourth-order valence-electron chi connectivity index (χ4n) is 1.36. The molecule has 86 valence electrons. The van der Waals surface area contributed by atoms with Crippen LogP contribution in [0.25, 0.3) is 0 Å².